The number of nitrogens with zero attached hydrogens (tertiary/aromatic N) is 3. The number of fused-ring (bicyclic) bond motifs is 1. The van der Waals surface area contributed by atoms with Crippen molar-refractivity contribution in [3.05, 3.63) is 59.7 Å². The number of imidazole rings is 1. The normalized spacial score (nSPS) is 10.8. The fraction of sp³-hybridized carbons (Fsp3) is 0.188. The number of carbonyl (C=O) groups excluding carboxylic acids is 1. The predicted molar refractivity (Wildman–Crippen MR) is 81.5 cm³/mol. The molecule has 1 N–H and O–H groups in total. The van der Waals surface area contributed by atoms with Crippen LogP contribution < -0.4 is 5.32 Å². The van der Waals surface area contributed by atoms with Crippen molar-refractivity contribution in [2.24, 2.45) is 0 Å². The van der Waals surface area contributed by atoms with E-state index < -0.39 is 0 Å². The van der Waals surface area contributed by atoms with Crippen LogP contribution in [0.4, 0.5) is 5.82 Å². The second-order valence-corrected chi connectivity index (χ2v) is 4.86. The average Bonchev–Trinajstić information content (AvgIpc) is 2.88. The van der Waals surface area contributed by atoms with Gasteiger partial charge in [0.2, 0.25) is 0 Å². The number of hydrogen-bond acceptors (Lipinski definition) is 3. The number of anilines is 1. The molecule has 21 heavy (non-hydrogen) atoms. The molecule has 0 aliphatic carbocycles. The minimum absolute atomic E-state index is 0.193. The smallest absolute Gasteiger partial charge is 0.275 e. The first-order valence-corrected chi connectivity index (χ1v) is 6.89. The highest BCUT2D eigenvalue weighted by molar-refractivity contribution is 6.04. The van der Waals surface area contributed by atoms with Crippen molar-refractivity contribution in [2.45, 2.75) is 20.3 Å². The summed E-state index contributed by atoms with van der Waals surface area (Å²) in [4.78, 5) is 21.2. The molecule has 0 saturated carbocycles. The van der Waals surface area contributed by atoms with Gasteiger partial charge in [0.05, 0.1) is 5.69 Å². The molecule has 0 atom stereocenters. The Labute approximate surface area is 122 Å². The third-order valence-corrected chi connectivity index (χ3v) is 3.31. The predicted octanol–water partition coefficient (Wildman–Crippen LogP) is 2.85. The summed E-state index contributed by atoms with van der Waals surface area (Å²) in [5.41, 5.74) is 3.18. The van der Waals surface area contributed by atoms with Crippen molar-refractivity contribution >= 4 is 17.4 Å². The Hall–Kier alpha value is -2.69. The van der Waals surface area contributed by atoms with Crippen LogP contribution in [0.3, 0.4) is 0 Å². The van der Waals surface area contributed by atoms with Gasteiger partial charge in [0, 0.05) is 12.4 Å². The van der Waals surface area contributed by atoms with E-state index in [-0.39, 0.29) is 5.91 Å². The summed E-state index contributed by atoms with van der Waals surface area (Å²) in [5.74, 6) is 0.348. The maximum atomic E-state index is 12.5. The minimum atomic E-state index is -0.193. The third-order valence-electron chi connectivity index (χ3n) is 3.31. The topological polar surface area (TPSA) is 59.3 Å². The van der Waals surface area contributed by atoms with Gasteiger partial charge in [-0.25, -0.2) is 9.97 Å². The van der Waals surface area contributed by atoms with Gasteiger partial charge >= 0.3 is 0 Å². The van der Waals surface area contributed by atoms with E-state index in [9.17, 15) is 4.79 Å². The average molecular weight is 280 g/mol. The number of amides is 1. The molecular weight excluding hydrogens is 264 g/mol. The van der Waals surface area contributed by atoms with E-state index in [1.807, 2.05) is 48.7 Å². The lowest BCUT2D eigenvalue weighted by molar-refractivity contribution is 0.102. The van der Waals surface area contributed by atoms with Gasteiger partial charge in [0.25, 0.3) is 5.91 Å². The number of aromatic nitrogens is 3. The highest BCUT2D eigenvalue weighted by Gasteiger charge is 2.18. The monoisotopic (exact) mass is 280 g/mol. The summed E-state index contributed by atoms with van der Waals surface area (Å²) in [6, 6.07) is 9.39. The van der Waals surface area contributed by atoms with Crippen LogP contribution in [0, 0.1) is 6.92 Å². The van der Waals surface area contributed by atoms with Gasteiger partial charge < -0.3 is 5.32 Å². The van der Waals surface area contributed by atoms with Crippen molar-refractivity contribution in [3.63, 3.8) is 0 Å². The van der Waals surface area contributed by atoms with Crippen molar-refractivity contribution in [3.8, 4) is 0 Å². The van der Waals surface area contributed by atoms with Gasteiger partial charge in [-0.2, -0.15) is 0 Å². The molecule has 0 saturated heterocycles. The van der Waals surface area contributed by atoms with Gasteiger partial charge in [-0.1, -0.05) is 19.1 Å². The van der Waals surface area contributed by atoms with Crippen LogP contribution in [-0.2, 0) is 6.42 Å². The number of aryl methyl sites for hydroxylation is 2. The number of hydrogen-bond donors (Lipinski definition) is 1. The van der Waals surface area contributed by atoms with Crippen LogP contribution in [0.25, 0.3) is 5.65 Å². The highest BCUT2D eigenvalue weighted by atomic mass is 16.2. The van der Waals surface area contributed by atoms with Crippen LogP contribution in [0.15, 0.2) is 42.7 Å². The lowest BCUT2D eigenvalue weighted by atomic mass is 10.2. The first kappa shape index (κ1) is 13.3. The fourth-order valence-electron chi connectivity index (χ4n) is 2.25. The standard InChI is InChI=1S/C16H16N4O/c1-3-12-15(20-9-5-4-6-14(20)18-12)16(21)19-13-8-7-11(2)10-17-13/h4-10H,3H2,1-2H3,(H,17,19,21). The van der Waals surface area contributed by atoms with Gasteiger partial charge in [-0.15, -0.1) is 0 Å². The molecule has 1 amide bonds. The zero-order valence-corrected chi connectivity index (χ0v) is 12.0. The SMILES string of the molecule is CCc1nc2ccccn2c1C(=O)Nc1ccc(C)cn1. The van der Waals surface area contributed by atoms with Gasteiger partial charge in [0.1, 0.15) is 17.2 Å². The Bertz CT molecular complexity index is 790. The van der Waals surface area contributed by atoms with E-state index in [1.165, 1.54) is 0 Å². The molecule has 0 aliphatic heterocycles. The summed E-state index contributed by atoms with van der Waals surface area (Å²) in [6.07, 6.45) is 4.27. The van der Waals surface area contributed by atoms with Gasteiger partial charge in [0.15, 0.2) is 0 Å². The second kappa shape index (κ2) is 5.36. The number of carbonyl (C=O) groups is 1. The summed E-state index contributed by atoms with van der Waals surface area (Å²) in [6.45, 7) is 3.95. The molecule has 0 bridgehead atoms. The molecule has 3 rings (SSSR count). The van der Waals surface area contributed by atoms with Gasteiger partial charge in [-0.05, 0) is 37.1 Å². The zero-order chi connectivity index (χ0) is 14.8. The number of rotatable bonds is 3. The van der Waals surface area contributed by atoms with E-state index in [1.54, 1.807) is 12.3 Å². The van der Waals surface area contributed by atoms with Crippen LogP contribution in [0.5, 0.6) is 0 Å². The number of pyridine rings is 2. The zero-order valence-electron chi connectivity index (χ0n) is 12.0. The van der Waals surface area contributed by atoms with Crippen LogP contribution in [0.1, 0.15) is 28.7 Å². The van der Waals surface area contributed by atoms with E-state index in [2.05, 4.69) is 15.3 Å². The number of nitrogens with one attached hydrogen (secondary N) is 1. The maximum absolute atomic E-state index is 12.5. The summed E-state index contributed by atoms with van der Waals surface area (Å²) in [7, 11) is 0. The molecule has 3 aromatic rings. The highest BCUT2D eigenvalue weighted by Crippen LogP contribution is 2.15. The molecule has 106 valence electrons. The molecule has 0 spiro atoms. The van der Waals surface area contributed by atoms with E-state index in [0.29, 0.717) is 17.9 Å². The first-order valence-electron chi connectivity index (χ1n) is 6.89. The molecular formula is C16H16N4O. The Morgan fingerprint density at radius 1 is 1.29 bits per heavy atom. The van der Waals surface area contributed by atoms with Crippen molar-refractivity contribution in [1.82, 2.24) is 14.4 Å². The lowest BCUT2D eigenvalue weighted by Gasteiger charge is -2.06. The fourth-order valence-corrected chi connectivity index (χ4v) is 2.25. The Morgan fingerprint density at radius 2 is 2.14 bits per heavy atom. The van der Waals surface area contributed by atoms with Crippen molar-refractivity contribution < 1.29 is 4.79 Å². The largest absolute Gasteiger partial charge is 0.305 e. The van der Waals surface area contributed by atoms with Crippen LogP contribution in [0.2, 0.25) is 0 Å². The molecule has 0 aliphatic rings. The summed E-state index contributed by atoms with van der Waals surface area (Å²) in [5, 5.41) is 2.83. The van der Waals surface area contributed by atoms with Gasteiger partial charge in [-0.3, -0.25) is 9.20 Å². The summed E-state index contributed by atoms with van der Waals surface area (Å²) >= 11 is 0. The van der Waals surface area contributed by atoms with Crippen LogP contribution >= 0.6 is 0 Å². The van der Waals surface area contributed by atoms with E-state index in [0.717, 1.165) is 16.9 Å². The quantitative estimate of drug-likeness (QED) is 0.802. The Morgan fingerprint density at radius 3 is 2.86 bits per heavy atom. The van der Waals surface area contributed by atoms with E-state index in [4.69, 9.17) is 0 Å². The third kappa shape index (κ3) is 2.50. The Balaban J connectivity index is 1.99. The maximum Gasteiger partial charge on any atom is 0.275 e. The Kier molecular flexibility index (Phi) is 3.39. The first-order chi connectivity index (χ1) is 10.2. The second-order valence-electron chi connectivity index (χ2n) is 4.86. The summed E-state index contributed by atoms with van der Waals surface area (Å²) < 4.78 is 1.81. The lowest BCUT2D eigenvalue weighted by Crippen LogP contribution is -2.17. The molecule has 5 heteroatoms. The van der Waals surface area contributed by atoms with Crippen molar-refractivity contribution in [2.75, 3.05) is 5.32 Å². The minimum Gasteiger partial charge on any atom is -0.305 e. The molecule has 0 fully saturated rings. The molecule has 5 nitrogen and oxygen atoms in total. The van der Waals surface area contributed by atoms with Crippen molar-refractivity contribution in [1.29, 1.82) is 0 Å². The molecule has 0 radical (unpaired) electrons. The van der Waals surface area contributed by atoms with Crippen LogP contribution in [-0.4, -0.2) is 20.3 Å². The molecule has 3 heterocycles. The molecule has 0 unspecified atom stereocenters. The molecule has 0 aromatic carbocycles. The van der Waals surface area contributed by atoms with E-state index >= 15 is 0 Å². The molecule has 3 aromatic heterocycles.